The van der Waals surface area contributed by atoms with Crippen LogP contribution < -0.4 is 4.74 Å². The Morgan fingerprint density at radius 2 is 1.96 bits per heavy atom. The summed E-state index contributed by atoms with van der Waals surface area (Å²) in [5, 5.41) is 1.21. The number of carbonyl (C=O) groups excluding carboxylic acids is 1. The molecule has 0 spiro atoms. The van der Waals surface area contributed by atoms with Crippen LogP contribution in [0.4, 0.5) is 0 Å². The number of hydrogen-bond acceptors (Lipinski definition) is 5. The number of pyridine rings is 1. The van der Waals surface area contributed by atoms with Crippen LogP contribution in [0.15, 0.2) is 60.3 Å². The fourth-order valence-corrected chi connectivity index (χ4v) is 5.01. The molecule has 3 heterocycles. The number of amides is 1. The average molecular weight is 398 g/mol. The predicted molar refractivity (Wildman–Crippen MR) is 105 cm³/mol. The molecule has 0 aliphatic carbocycles. The molecule has 1 aromatic carbocycles. The smallest absolute Gasteiger partial charge is 0.223 e. The van der Waals surface area contributed by atoms with E-state index in [9.17, 15) is 13.2 Å². The molecule has 0 fully saturated rings. The van der Waals surface area contributed by atoms with E-state index >= 15 is 0 Å². The first kappa shape index (κ1) is 18.7. The quantitative estimate of drug-likeness (QED) is 0.773. The Hall–Kier alpha value is -2.67. The summed E-state index contributed by atoms with van der Waals surface area (Å²) in [7, 11) is -3.25. The van der Waals surface area contributed by atoms with Crippen molar-refractivity contribution in [2.45, 2.75) is 25.4 Å². The molecule has 0 saturated carbocycles. The highest BCUT2D eigenvalue weighted by Crippen LogP contribution is 2.29. The van der Waals surface area contributed by atoms with Crippen molar-refractivity contribution in [3.05, 3.63) is 71.4 Å². The largest absolute Gasteiger partial charge is 0.493 e. The molecular weight excluding hydrogens is 376 g/mol. The van der Waals surface area contributed by atoms with E-state index in [0.29, 0.717) is 19.6 Å². The lowest BCUT2D eigenvalue weighted by Gasteiger charge is -2.31. The van der Waals surface area contributed by atoms with E-state index in [0.717, 1.165) is 23.3 Å². The van der Waals surface area contributed by atoms with E-state index in [4.69, 9.17) is 4.74 Å². The average Bonchev–Trinajstić information content (AvgIpc) is 3.06. The molecule has 1 amide bonds. The van der Waals surface area contributed by atoms with Gasteiger partial charge in [0.15, 0.2) is 9.84 Å². The molecule has 4 rings (SSSR count). The normalized spacial score (nSPS) is 22.3. The van der Waals surface area contributed by atoms with Crippen molar-refractivity contribution in [3.8, 4) is 5.75 Å². The van der Waals surface area contributed by atoms with Gasteiger partial charge in [0.1, 0.15) is 5.75 Å². The second-order valence-electron chi connectivity index (χ2n) is 7.30. The molecule has 2 aliphatic rings. The highest BCUT2D eigenvalue weighted by molar-refractivity contribution is 7.94. The molecule has 7 heteroatoms. The van der Waals surface area contributed by atoms with Crippen molar-refractivity contribution in [3.63, 3.8) is 0 Å². The van der Waals surface area contributed by atoms with Crippen LogP contribution in [-0.2, 0) is 27.6 Å². The van der Waals surface area contributed by atoms with Crippen molar-refractivity contribution in [2.24, 2.45) is 5.92 Å². The Kier molecular flexibility index (Phi) is 5.17. The first-order valence-corrected chi connectivity index (χ1v) is 11.0. The fraction of sp³-hybridized carbons (Fsp3) is 0.333. The van der Waals surface area contributed by atoms with E-state index in [2.05, 4.69) is 4.98 Å². The Morgan fingerprint density at radius 1 is 1.18 bits per heavy atom. The molecule has 28 heavy (non-hydrogen) atoms. The SMILES string of the molecule is O=C(CC1COc2ccccc2C1)N(Cc1ccncc1)C1C=CS(=O)(=O)C1. The number of aromatic nitrogens is 1. The van der Waals surface area contributed by atoms with Gasteiger partial charge in [0.05, 0.1) is 18.4 Å². The molecule has 1 aromatic heterocycles. The molecule has 2 unspecified atom stereocenters. The number of para-hydroxylation sites is 1. The highest BCUT2D eigenvalue weighted by Gasteiger charge is 2.32. The van der Waals surface area contributed by atoms with Crippen LogP contribution in [0.25, 0.3) is 0 Å². The Morgan fingerprint density at radius 3 is 2.71 bits per heavy atom. The van der Waals surface area contributed by atoms with Gasteiger partial charge in [-0.1, -0.05) is 18.2 Å². The summed E-state index contributed by atoms with van der Waals surface area (Å²) in [4.78, 5) is 18.8. The number of rotatable bonds is 5. The Balaban J connectivity index is 1.49. The summed E-state index contributed by atoms with van der Waals surface area (Å²) in [6, 6.07) is 11.1. The van der Waals surface area contributed by atoms with Gasteiger partial charge in [0, 0.05) is 36.7 Å². The number of benzene rings is 1. The van der Waals surface area contributed by atoms with Crippen molar-refractivity contribution in [2.75, 3.05) is 12.4 Å². The van der Waals surface area contributed by atoms with Crippen molar-refractivity contribution < 1.29 is 17.9 Å². The first-order chi connectivity index (χ1) is 13.5. The van der Waals surface area contributed by atoms with Gasteiger partial charge in [-0.25, -0.2) is 8.42 Å². The summed E-state index contributed by atoms with van der Waals surface area (Å²) in [6.45, 7) is 0.848. The molecule has 0 N–H and O–H groups in total. The van der Waals surface area contributed by atoms with Crippen LogP contribution in [0, 0.1) is 5.92 Å². The van der Waals surface area contributed by atoms with Crippen LogP contribution >= 0.6 is 0 Å². The standard InChI is InChI=1S/C21H22N2O4S/c24-21(12-17-11-18-3-1-2-4-20(18)27-14-17)23(13-16-5-8-22-9-6-16)19-7-10-28(25,26)15-19/h1-10,17,19H,11-15H2. The van der Waals surface area contributed by atoms with Gasteiger partial charge < -0.3 is 9.64 Å². The van der Waals surface area contributed by atoms with Gasteiger partial charge in [-0.05, 0) is 41.8 Å². The third-order valence-electron chi connectivity index (χ3n) is 5.15. The third kappa shape index (κ3) is 4.25. The first-order valence-electron chi connectivity index (χ1n) is 9.30. The van der Waals surface area contributed by atoms with Gasteiger partial charge in [-0.3, -0.25) is 9.78 Å². The number of nitrogens with zero attached hydrogens (tertiary/aromatic N) is 2. The van der Waals surface area contributed by atoms with Crippen LogP contribution in [0.2, 0.25) is 0 Å². The minimum absolute atomic E-state index is 0.0588. The number of sulfone groups is 1. The lowest BCUT2D eigenvalue weighted by molar-refractivity contribution is -0.134. The maximum Gasteiger partial charge on any atom is 0.223 e. The monoisotopic (exact) mass is 398 g/mol. The molecule has 6 nitrogen and oxygen atoms in total. The highest BCUT2D eigenvalue weighted by atomic mass is 32.2. The minimum Gasteiger partial charge on any atom is -0.493 e. The number of carbonyl (C=O) groups is 1. The van der Waals surface area contributed by atoms with E-state index in [1.54, 1.807) is 23.4 Å². The summed E-state index contributed by atoms with van der Waals surface area (Å²) in [5.41, 5.74) is 2.03. The van der Waals surface area contributed by atoms with Gasteiger partial charge in [-0.2, -0.15) is 0 Å². The van der Waals surface area contributed by atoms with E-state index in [-0.39, 0.29) is 17.6 Å². The summed E-state index contributed by atoms with van der Waals surface area (Å²) >= 11 is 0. The second-order valence-corrected chi connectivity index (χ2v) is 9.23. The van der Waals surface area contributed by atoms with Crippen LogP contribution in [0.1, 0.15) is 17.5 Å². The molecule has 2 aromatic rings. The van der Waals surface area contributed by atoms with Gasteiger partial charge in [0.25, 0.3) is 0 Å². The van der Waals surface area contributed by atoms with Gasteiger partial charge in [-0.15, -0.1) is 0 Å². The molecule has 0 bridgehead atoms. The molecule has 0 saturated heterocycles. The van der Waals surface area contributed by atoms with Crippen LogP contribution in [-0.4, -0.2) is 42.6 Å². The molecule has 2 atom stereocenters. The summed E-state index contributed by atoms with van der Waals surface area (Å²) in [5.74, 6) is 0.832. The zero-order chi connectivity index (χ0) is 19.6. The minimum atomic E-state index is -3.25. The van der Waals surface area contributed by atoms with Gasteiger partial charge in [0.2, 0.25) is 5.91 Å². The van der Waals surface area contributed by atoms with Crippen LogP contribution in [0.5, 0.6) is 5.75 Å². The van der Waals surface area contributed by atoms with E-state index < -0.39 is 15.9 Å². The zero-order valence-corrected chi connectivity index (χ0v) is 16.2. The van der Waals surface area contributed by atoms with E-state index in [1.807, 2.05) is 36.4 Å². The maximum atomic E-state index is 13.2. The fourth-order valence-electron chi connectivity index (χ4n) is 3.71. The molecular formula is C21H22N2O4S. The second kappa shape index (κ2) is 7.75. The van der Waals surface area contributed by atoms with E-state index in [1.165, 1.54) is 5.41 Å². The number of fused-ring (bicyclic) bond motifs is 1. The third-order valence-corrected chi connectivity index (χ3v) is 6.53. The zero-order valence-electron chi connectivity index (χ0n) is 15.4. The molecule has 2 aliphatic heterocycles. The van der Waals surface area contributed by atoms with Crippen molar-refractivity contribution >= 4 is 15.7 Å². The topological polar surface area (TPSA) is 76.6 Å². The number of ether oxygens (including phenoxy) is 1. The van der Waals surface area contributed by atoms with Crippen LogP contribution in [0.3, 0.4) is 0 Å². The summed E-state index contributed by atoms with van der Waals surface area (Å²) < 4.78 is 29.6. The van der Waals surface area contributed by atoms with Crippen molar-refractivity contribution in [1.29, 1.82) is 0 Å². The number of hydrogen-bond donors (Lipinski definition) is 0. The molecule has 146 valence electrons. The van der Waals surface area contributed by atoms with Crippen molar-refractivity contribution in [1.82, 2.24) is 9.88 Å². The molecule has 0 radical (unpaired) electrons. The van der Waals surface area contributed by atoms with Gasteiger partial charge >= 0.3 is 0 Å². The summed E-state index contributed by atoms with van der Waals surface area (Å²) in [6.07, 6.45) is 6.06. The predicted octanol–water partition coefficient (Wildman–Crippen LogP) is 2.36. The lowest BCUT2D eigenvalue weighted by atomic mass is 9.93. The maximum absolute atomic E-state index is 13.2. The Labute approximate surface area is 164 Å². The Bertz CT molecular complexity index is 988. The lowest BCUT2D eigenvalue weighted by Crippen LogP contribution is -2.42.